The van der Waals surface area contributed by atoms with Gasteiger partial charge in [0.05, 0.1) is 12.0 Å². The molecule has 2 aromatic heterocycles. The van der Waals surface area contributed by atoms with E-state index in [1.807, 2.05) is 0 Å². The molecule has 0 radical (unpaired) electrons. The van der Waals surface area contributed by atoms with Crippen LogP contribution in [0, 0.1) is 6.92 Å². The number of carbonyl (C=O) groups is 1. The van der Waals surface area contributed by atoms with Gasteiger partial charge in [-0.15, -0.1) is 0 Å². The molecule has 2 rings (SSSR count). The number of hydrogen-bond donors (Lipinski definition) is 1. The molecular weight excluding hydrogens is 283 g/mol. The van der Waals surface area contributed by atoms with Crippen molar-refractivity contribution in [2.24, 2.45) is 0 Å². The van der Waals surface area contributed by atoms with Crippen molar-refractivity contribution < 1.29 is 14.6 Å². The van der Waals surface area contributed by atoms with Crippen LogP contribution in [0.15, 0.2) is 16.9 Å². The van der Waals surface area contributed by atoms with Crippen LogP contribution in [0.1, 0.15) is 29.9 Å². The van der Waals surface area contributed by atoms with Crippen molar-refractivity contribution in [2.75, 3.05) is 6.61 Å². The molecule has 0 unspecified atom stereocenters. The van der Waals surface area contributed by atoms with Crippen LogP contribution in [0.3, 0.4) is 0 Å². The number of rotatable bonds is 3. The van der Waals surface area contributed by atoms with Gasteiger partial charge in [0, 0.05) is 12.2 Å². The van der Waals surface area contributed by atoms with Gasteiger partial charge in [0.25, 0.3) is 5.56 Å². The van der Waals surface area contributed by atoms with Crippen LogP contribution < -0.4 is 5.56 Å². The fourth-order valence-electron chi connectivity index (χ4n) is 2.08. The fourth-order valence-corrected chi connectivity index (χ4v) is 2.08. The number of hydrogen-bond acceptors (Lipinski definition) is 5. The number of fused-ring (bicyclic) bond motifs is 1. The van der Waals surface area contributed by atoms with E-state index < -0.39 is 11.5 Å². The van der Waals surface area contributed by atoms with Crippen molar-refractivity contribution in [3.05, 3.63) is 33.7 Å². The maximum absolute atomic E-state index is 12.3. The van der Waals surface area contributed by atoms with Crippen molar-refractivity contribution in [3.8, 4) is 5.75 Å². The van der Waals surface area contributed by atoms with Gasteiger partial charge in [-0.05, 0) is 32.9 Å². The Kier molecular flexibility index (Phi) is 5.95. The van der Waals surface area contributed by atoms with Gasteiger partial charge in [-0.1, -0.05) is 0 Å². The number of esters is 1. The quantitative estimate of drug-likeness (QED) is 0.674. The Morgan fingerprint density at radius 3 is 2.62 bits per heavy atom. The second-order valence-electron chi connectivity index (χ2n) is 4.32. The standard InChI is InChI=1S/C14H16N2O4.Na.H/c1-4-16-12-9(7-6-8(3)15-12)11(17)10(13(16)18)14(19)20-5-2;;/h6-7,17H,4-5H2,1-3H3;;. The fraction of sp³-hybridized carbons (Fsp3) is 0.357. The van der Waals surface area contributed by atoms with Crippen LogP contribution in [-0.2, 0) is 11.3 Å². The molecule has 1 N–H and O–H groups in total. The molecule has 6 nitrogen and oxygen atoms in total. The van der Waals surface area contributed by atoms with E-state index in [4.69, 9.17) is 4.74 Å². The van der Waals surface area contributed by atoms with Crippen molar-refractivity contribution in [2.45, 2.75) is 27.3 Å². The molecule has 0 saturated heterocycles. The topological polar surface area (TPSA) is 81.4 Å². The average Bonchev–Trinajstić information content (AvgIpc) is 2.39. The third-order valence-corrected chi connectivity index (χ3v) is 3.02. The first-order valence-electron chi connectivity index (χ1n) is 6.41. The van der Waals surface area contributed by atoms with E-state index in [1.54, 1.807) is 32.9 Å². The molecular formula is C14H17N2NaO4. The van der Waals surface area contributed by atoms with E-state index >= 15 is 0 Å². The number of pyridine rings is 2. The van der Waals surface area contributed by atoms with E-state index in [0.717, 1.165) is 5.69 Å². The number of carbonyl (C=O) groups excluding carboxylic acids is 1. The summed E-state index contributed by atoms with van der Waals surface area (Å²) in [5.41, 5.74) is 0.159. The zero-order chi connectivity index (χ0) is 14.9. The molecule has 0 bridgehead atoms. The monoisotopic (exact) mass is 300 g/mol. The first kappa shape index (κ1) is 17.7. The van der Waals surface area contributed by atoms with Crippen LogP contribution in [0.25, 0.3) is 11.0 Å². The zero-order valence-corrected chi connectivity index (χ0v) is 11.6. The van der Waals surface area contributed by atoms with Gasteiger partial charge >= 0.3 is 35.5 Å². The summed E-state index contributed by atoms with van der Waals surface area (Å²) in [5, 5.41) is 10.5. The minimum absolute atomic E-state index is 0. The third kappa shape index (κ3) is 3.12. The predicted molar refractivity (Wildman–Crippen MR) is 81.2 cm³/mol. The van der Waals surface area contributed by atoms with Gasteiger partial charge in [-0.2, -0.15) is 0 Å². The average molecular weight is 300 g/mol. The predicted octanol–water partition coefficient (Wildman–Crippen LogP) is 0.959. The number of nitrogens with zero attached hydrogens (tertiary/aromatic N) is 2. The molecule has 0 atom stereocenters. The van der Waals surface area contributed by atoms with Crippen LogP contribution in [0.2, 0.25) is 0 Å². The summed E-state index contributed by atoms with van der Waals surface area (Å²) < 4.78 is 6.18. The summed E-state index contributed by atoms with van der Waals surface area (Å²) in [6.07, 6.45) is 0. The van der Waals surface area contributed by atoms with Gasteiger partial charge in [0.15, 0.2) is 5.56 Å². The van der Waals surface area contributed by atoms with Crippen LogP contribution in [0.5, 0.6) is 5.75 Å². The van der Waals surface area contributed by atoms with Crippen LogP contribution in [0.4, 0.5) is 0 Å². The summed E-state index contributed by atoms with van der Waals surface area (Å²) in [6, 6.07) is 3.35. The van der Waals surface area contributed by atoms with Crippen LogP contribution >= 0.6 is 0 Å². The number of ether oxygens (including phenoxy) is 1. The SMILES string of the molecule is CCOC(=O)c1c(O)c2ccc(C)nc2n(CC)c1=O.[NaH]. The first-order valence-corrected chi connectivity index (χ1v) is 6.41. The van der Waals surface area contributed by atoms with Crippen molar-refractivity contribution in [1.82, 2.24) is 9.55 Å². The summed E-state index contributed by atoms with van der Waals surface area (Å²) in [4.78, 5) is 28.4. The van der Waals surface area contributed by atoms with E-state index in [1.165, 1.54) is 4.57 Å². The van der Waals surface area contributed by atoms with Crippen LogP contribution in [-0.4, -0.2) is 56.8 Å². The van der Waals surface area contributed by atoms with Crippen molar-refractivity contribution >= 4 is 46.6 Å². The van der Waals surface area contributed by atoms with Gasteiger partial charge in [0.2, 0.25) is 0 Å². The van der Waals surface area contributed by atoms with E-state index in [-0.39, 0.29) is 47.5 Å². The molecule has 21 heavy (non-hydrogen) atoms. The van der Waals surface area contributed by atoms with Gasteiger partial charge in [0.1, 0.15) is 11.4 Å². The maximum atomic E-state index is 12.3. The van der Waals surface area contributed by atoms with Crippen molar-refractivity contribution in [3.63, 3.8) is 0 Å². The Hall–Kier alpha value is -1.37. The molecule has 0 amide bonds. The molecule has 108 valence electrons. The Morgan fingerprint density at radius 2 is 2.05 bits per heavy atom. The zero-order valence-electron chi connectivity index (χ0n) is 11.6. The molecule has 2 aromatic rings. The van der Waals surface area contributed by atoms with E-state index in [9.17, 15) is 14.7 Å². The molecule has 0 aliphatic carbocycles. The second kappa shape index (κ2) is 7.06. The van der Waals surface area contributed by atoms with E-state index in [2.05, 4.69) is 4.98 Å². The molecule has 0 aliphatic heterocycles. The molecule has 0 saturated carbocycles. The number of aromatic hydroxyl groups is 1. The Balaban J connectivity index is 0.00000220. The molecule has 0 spiro atoms. The van der Waals surface area contributed by atoms with Gasteiger partial charge < -0.3 is 9.84 Å². The van der Waals surface area contributed by atoms with E-state index in [0.29, 0.717) is 17.6 Å². The molecule has 7 heteroatoms. The third-order valence-electron chi connectivity index (χ3n) is 3.02. The van der Waals surface area contributed by atoms with Gasteiger partial charge in [-0.25, -0.2) is 9.78 Å². The summed E-state index contributed by atoms with van der Waals surface area (Å²) in [7, 11) is 0. The minimum atomic E-state index is -0.820. The second-order valence-corrected chi connectivity index (χ2v) is 4.32. The Bertz CT molecular complexity index is 740. The Labute approximate surface area is 144 Å². The number of aryl methyl sites for hydroxylation is 2. The molecule has 2 heterocycles. The Morgan fingerprint density at radius 1 is 1.38 bits per heavy atom. The summed E-state index contributed by atoms with van der Waals surface area (Å²) in [5.74, 6) is -1.19. The first-order chi connectivity index (χ1) is 9.51. The molecule has 0 aromatic carbocycles. The normalized spacial score (nSPS) is 10.2. The van der Waals surface area contributed by atoms with Gasteiger partial charge in [-0.3, -0.25) is 9.36 Å². The summed E-state index contributed by atoms with van der Waals surface area (Å²) >= 11 is 0. The summed E-state index contributed by atoms with van der Waals surface area (Å²) in [6.45, 7) is 5.68. The molecule has 0 fully saturated rings. The number of aromatic nitrogens is 2. The molecule has 0 aliphatic rings. The van der Waals surface area contributed by atoms with Crippen molar-refractivity contribution in [1.29, 1.82) is 0 Å².